The highest BCUT2D eigenvalue weighted by Crippen LogP contribution is 2.42. The van der Waals surface area contributed by atoms with Gasteiger partial charge in [-0.2, -0.15) is 0 Å². The lowest BCUT2D eigenvalue weighted by Gasteiger charge is -2.10. The van der Waals surface area contributed by atoms with Crippen molar-refractivity contribution in [3.05, 3.63) is 78.9 Å². The fourth-order valence-electron chi connectivity index (χ4n) is 3.38. The number of hydrogen-bond acceptors (Lipinski definition) is 6. The van der Waals surface area contributed by atoms with E-state index in [4.69, 9.17) is 18.6 Å². The number of ether oxygens (including phenoxy) is 3. The van der Waals surface area contributed by atoms with E-state index in [1.54, 1.807) is 45.2 Å². The van der Waals surface area contributed by atoms with E-state index >= 15 is 0 Å². The molecule has 0 N–H and O–H groups in total. The molecule has 4 rings (SSSR count). The molecule has 0 radical (unpaired) electrons. The molecule has 6 nitrogen and oxygen atoms in total. The second kappa shape index (κ2) is 8.67. The Hall–Kier alpha value is -4.32. The molecule has 6 heteroatoms. The molecule has 0 saturated heterocycles. The minimum absolute atomic E-state index is 0.312. The lowest BCUT2D eigenvalue weighted by Crippen LogP contribution is -2.07. The minimum Gasteiger partial charge on any atom is -0.492 e. The van der Waals surface area contributed by atoms with E-state index in [1.807, 2.05) is 30.3 Å². The quantitative estimate of drug-likeness (QED) is 0.200. The fraction of sp³-hybridized carbons (Fsp3) is 0.111. The number of carbonyl (C=O) groups excluding carboxylic acids is 2. The van der Waals surface area contributed by atoms with Crippen LogP contribution in [0.4, 0.5) is 0 Å². The molecular formula is C27H22O6. The largest absolute Gasteiger partial charge is 0.492 e. The minimum atomic E-state index is -0.497. The molecular weight excluding hydrogens is 420 g/mol. The van der Waals surface area contributed by atoms with E-state index in [9.17, 15) is 9.59 Å². The lowest BCUT2D eigenvalue weighted by molar-refractivity contribution is -0.130. The van der Waals surface area contributed by atoms with Crippen molar-refractivity contribution in [2.24, 2.45) is 0 Å². The molecule has 0 fully saturated rings. The molecule has 1 aromatic heterocycles. The van der Waals surface area contributed by atoms with Gasteiger partial charge in [0, 0.05) is 33.5 Å². The van der Waals surface area contributed by atoms with Gasteiger partial charge < -0.3 is 18.6 Å². The zero-order chi connectivity index (χ0) is 23.7. The summed E-state index contributed by atoms with van der Waals surface area (Å²) in [6, 6.07) is 16.2. The van der Waals surface area contributed by atoms with Crippen LogP contribution in [-0.2, 0) is 9.59 Å². The van der Waals surface area contributed by atoms with E-state index in [0.29, 0.717) is 39.6 Å². The van der Waals surface area contributed by atoms with Crippen molar-refractivity contribution >= 4 is 33.9 Å². The van der Waals surface area contributed by atoms with Gasteiger partial charge in [0.05, 0.1) is 7.11 Å². The van der Waals surface area contributed by atoms with Gasteiger partial charge in [0.1, 0.15) is 17.1 Å². The van der Waals surface area contributed by atoms with Gasteiger partial charge in [0.25, 0.3) is 0 Å². The van der Waals surface area contributed by atoms with E-state index in [-0.39, 0.29) is 0 Å². The molecule has 0 atom stereocenters. The summed E-state index contributed by atoms with van der Waals surface area (Å²) >= 11 is 0. The molecule has 0 aliphatic heterocycles. The number of fused-ring (bicyclic) bond motifs is 3. The Balaban J connectivity index is 1.73. The summed E-state index contributed by atoms with van der Waals surface area (Å²) in [7, 11) is 1.58. The number of carbonyl (C=O) groups is 2. The van der Waals surface area contributed by atoms with Crippen LogP contribution in [0.5, 0.6) is 17.2 Å². The van der Waals surface area contributed by atoms with Crippen molar-refractivity contribution < 1.29 is 28.2 Å². The third-order valence-electron chi connectivity index (χ3n) is 5.05. The summed E-state index contributed by atoms with van der Waals surface area (Å²) in [5.74, 6) is 0.386. The molecule has 33 heavy (non-hydrogen) atoms. The van der Waals surface area contributed by atoms with E-state index in [0.717, 1.165) is 21.9 Å². The third kappa shape index (κ3) is 4.23. The molecule has 4 aromatic rings. The third-order valence-corrected chi connectivity index (χ3v) is 5.05. The first-order valence-corrected chi connectivity index (χ1v) is 10.2. The maximum Gasteiger partial charge on any atom is 0.338 e. The van der Waals surface area contributed by atoms with E-state index < -0.39 is 11.9 Å². The molecule has 0 amide bonds. The molecule has 0 bridgehead atoms. The van der Waals surface area contributed by atoms with E-state index in [1.165, 1.54) is 0 Å². The maximum absolute atomic E-state index is 11.8. The maximum atomic E-state index is 11.8. The monoisotopic (exact) mass is 442 g/mol. The van der Waals surface area contributed by atoms with Crippen LogP contribution in [-0.4, -0.2) is 19.0 Å². The Bertz CT molecular complexity index is 1420. The van der Waals surface area contributed by atoms with Crippen molar-refractivity contribution in [1.82, 2.24) is 0 Å². The number of methoxy groups -OCH3 is 1. The van der Waals surface area contributed by atoms with Gasteiger partial charge in [-0.05, 0) is 55.8 Å². The summed E-state index contributed by atoms with van der Waals surface area (Å²) in [5.41, 5.74) is 3.46. The topological polar surface area (TPSA) is 75.0 Å². The highest BCUT2D eigenvalue weighted by molar-refractivity contribution is 6.09. The molecule has 1 heterocycles. The van der Waals surface area contributed by atoms with Crippen LogP contribution in [0.25, 0.3) is 33.1 Å². The predicted octanol–water partition coefficient (Wildman–Crippen LogP) is 6.22. The molecule has 3 aromatic carbocycles. The fourth-order valence-corrected chi connectivity index (χ4v) is 3.38. The smallest absolute Gasteiger partial charge is 0.338 e. The van der Waals surface area contributed by atoms with Crippen molar-refractivity contribution in [1.29, 1.82) is 0 Å². The van der Waals surface area contributed by atoms with Gasteiger partial charge in [-0.25, -0.2) is 9.59 Å². The second-order valence-corrected chi connectivity index (χ2v) is 7.65. The highest BCUT2D eigenvalue weighted by Gasteiger charge is 2.18. The van der Waals surface area contributed by atoms with Crippen molar-refractivity contribution in [3.8, 4) is 28.4 Å². The van der Waals surface area contributed by atoms with Crippen LogP contribution in [0.15, 0.2) is 83.3 Å². The van der Waals surface area contributed by atoms with Gasteiger partial charge in [-0.15, -0.1) is 0 Å². The number of furan rings is 1. The first-order valence-electron chi connectivity index (χ1n) is 10.2. The summed E-state index contributed by atoms with van der Waals surface area (Å²) in [6.07, 6.45) is 0. The Morgan fingerprint density at radius 2 is 1.36 bits per heavy atom. The van der Waals surface area contributed by atoms with Crippen LogP contribution in [0, 0.1) is 0 Å². The van der Waals surface area contributed by atoms with Crippen LogP contribution < -0.4 is 14.2 Å². The molecule has 166 valence electrons. The first kappa shape index (κ1) is 21.9. The van der Waals surface area contributed by atoms with Crippen LogP contribution >= 0.6 is 0 Å². The molecule has 0 saturated carbocycles. The Labute approximate surface area is 190 Å². The standard InChI is InChI=1S/C27H22O6/c1-15(2)26(28)31-18-8-6-17(7-9-18)20-12-13-22-21-11-10-19(32-27(29)16(3)4)14-23(21)33-25(22)24(20)30-5/h6-14H,1,3H2,2,4-5H3. The van der Waals surface area contributed by atoms with E-state index in [2.05, 4.69) is 13.2 Å². The zero-order valence-electron chi connectivity index (χ0n) is 18.6. The van der Waals surface area contributed by atoms with Crippen LogP contribution in [0.1, 0.15) is 13.8 Å². The normalized spacial score (nSPS) is 10.8. The van der Waals surface area contributed by atoms with Crippen LogP contribution in [0.3, 0.4) is 0 Å². The Morgan fingerprint density at radius 3 is 1.97 bits per heavy atom. The van der Waals surface area contributed by atoms with Gasteiger partial charge in [0.15, 0.2) is 11.3 Å². The highest BCUT2D eigenvalue weighted by atomic mass is 16.5. The van der Waals surface area contributed by atoms with Gasteiger partial charge in [0.2, 0.25) is 0 Å². The summed E-state index contributed by atoms with van der Waals surface area (Å²) in [6.45, 7) is 10.4. The van der Waals surface area contributed by atoms with Crippen molar-refractivity contribution in [3.63, 3.8) is 0 Å². The number of benzene rings is 3. The summed E-state index contributed by atoms with van der Waals surface area (Å²) in [5, 5.41) is 1.74. The molecule has 0 aliphatic rings. The predicted molar refractivity (Wildman–Crippen MR) is 127 cm³/mol. The van der Waals surface area contributed by atoms with Gasteiger partial charge in [-0.3, -0.25) is 0 Å². The van der Waals surface area contributed by atoms with Crippen LogP contribution in [0.2, 0.25) is 0 Å². The van der Waals surface area contributed by atoms with Crippen molar-refractivity contribution in [2.45, 2.75) is 13.8 Å². The molecule has 0 unspecified atom stereocenters. The molecule has 0 aliphatic carbocycles. The molecule has 0 spiro atoms. The second-order valence-electron chi connectivity index (χ2n) is 7.65. The van der Waals surface area contributed by atoms with Gasteiger partial charge >= 0.3 is 11.9 Å². The average Bonchev–Trinajstić information content (AvgIpc) is 3.16. The number of rotatable bonds is 6. The number of hydrogen-bond donors (Lipinski definition) is 0. The number of esters is 2. The van der Waals surface area contributed by atoms with Gasteiger partial charge in [-0.1, -0.05) is 25.3 Å². The lowest BCUT2D eigenvalue weighted by atomic mass is 10.0. The Morgan fingerprint density at radius 1 is 0.788 bits per heavy atom. The average molecular weight is 442 g/mol. The summed E-state index contributed by atoms with van der Waals surface area (Å²) in [4.78, 5) is 23.6. The van der Waals surface area contributed by atoms with Crippen molar-refractivity contribution in [2.75, 3.05) is 7.11 Å². The zero-order valence-corrected chi connectivity index (χ0v) is 18.6. The Kier molecular flexibility index (Phi) is 5.75. The SMILES string of the molecule is C=C(C)C(=O)Oc1ccc(-c2ccc3c(oc4cc(OC(=O)C(=C)C)ccc43)c2OC)cc1. The first-order chi connectivity index (χ1) is 15.8. The summed E-state index contributed by atoms with van der Waals surface area (Å²) < 4.78 is 22.4.